The van der Waals surface area contributed by atoms with Gasteiger partial charge in [-0.25, -0.2) is 9.97 Å². The number of nitrogens with one attached hydrogen (secondary N) is 3. The molecule has 0 unspecified atom stereocenters. The lowest BCUT2D eigenvalue weighted by Crippen LogP contribution is -2.19. The van der Waals surface area contributed by atoms with Crippen LogP contribution in [0.1, 0.15) is 13.3 Å². The Balaban J connectivity index is 1.97. The molecule has 0 aliphatic carbocycles. The van der Waals surface area contributed by atoms with Gasteiger partial charge in [0.2, 0.25) is 0 Å². The average Bonchev–Trinajstić information content (AvgIpc) is 2.92. The summed E-state index contributed by atoms with van der Waals surface area (Å²) in [7, 11) is 0. The molecule has 0 fully saturated rings. The third-order valence-electron chi connectivity index (χ3n) is 2.76. The Labute approximate surface area is 111 Å². The van der Waals surface area contributed by atoms with E-state index in [1.807, 2.05) is 24.3 Å². The number of anilines is 2. The van der Waals surface area contributed by atoms with Gasteiger partial charge in [0, 0.05) is 0 Å². The highest BCUT2D eigenvalue weighted by molar-refractivity contribution is 5.71. The zero-order valence-electron chi connectivity index (χ0n) is 10.6. The minimum Gasteiger partial charge on any atom is -0.493 e. The fourth-order valence-corrected chi connectivity index (χ4v) is 1.85. The molecule has 19 heavy (non-hydrogen) atoms. The van der Waals surface area contributed by atoms with E-state index < -0.39 is 0 Å². The Morgan fingerprint density at radius 1 is 1.21 bits per heavy atom. The lowest BCUT2D eigenvalue weighted by Gasteiger charge is -2.10. The number of hydrogen-bond donors (Lipinski definition) is 3. The van der Waals surface area contributed by atoms with Crippen LogP contribution in [0.5, 0.6) is 5.75 Å². The van der Waals surface area contributed by atoms with Crippen molar-refractivity contribution in [1.29, 1.82) is 0 Å². The van der Waals surface area contributed by atoms with Crippen LogP contribution in [0.25, 0.3) is 11.4 Å². The number of rotatable bonds is 4. The van der Waals surface area contributed by atoms with Crippen LogP contribution in [0.3, 0.4) is 0 Å². The number of para-hydroxylation sites is 1. The fourth-order valence-electron chi connectivity index (χ4n) is 1.85. The van der Waals surface area contributed by atoms with E-state index in [1.54, 1.807) is 6.20 Å². The van der Waals surface area contributed by atoms with Crippen LogP contribution < -0.4 is 21.1 Å². The first-order chi connectivity index (χ1) is 9.38. The minimum absolute atomic E-state index is 0.642. The average molecular weight is 257 g/mol. The Morgan fingerprint density at radius 2 is 2.11 bits per heavy atom. The van der Waals surface area contributed by atoms with E-state index in [-0.39, 0.29) is 0 Å². The summed E-state index contributed by atoms with van der Waals surface area (Å²) in [4.78, 5) is 8.82. The lowest BCUT2D eigenvalue weighted by molar-refractivity contribution is 0.318. The van der Waals surface area contributed by atoms with Gasteiger partial charge in [-0.15, -0.1) is 5.53 Å². The molecule has 1 aromatic carbocycles. The van der Waals surface area contributed by atoms with Crippen molar-refractivity contribution >= 4 is 11.5 Å². The van der Waals surface area contributed by atoms with Gasteiger partial charge in [0.05, 0.1) is 18.4 Å². The van der Waals surface area contributed by atoms with E-state index in [4.69, 9.17) is 4.74 Å². The van der Waals surface area contributed by atoms with Crippen molar-refractivity contribution in [3.8, 4) is 17.1 Å². The van der Waals surface area contributed by atoms with Gasteiger partial charge in [-0.05, 0) is 18.6 Å². The number of benzene rings is 1. The van der Waals surface area contributed by atoms with Crippen molar-refractivity contribution in [2.45, 2.75) is 13.3 Å². The Morgan fingerprint density at radius 3 is 3.00 bits per heavy atom. The molecule has 2 aromatic rings. The standard InChI is InChI=1S/C13H15N5O/c1-2-7-19-11-6-4-3-5-9(11)12-14-8-10-13(15-12)17-18-16-10/h3-6,8,16,18H,2,7H2,1H3,(H,14,15,17). The molecule has 3 N–H and O–H groups in total. The van der Waals surface area contributed by atoms with Gasteiger partial charge in [0.15, 0.2) is 11.6 Å². The van der Waals surface area contributed by atoms with Crippen LogP contribution in [0, 0.1) is 0 Å². The third kappa shape index (κ3) is 2.30. The zero-order chi connectivity index (χ0) is 13.1. The Hall–Kier alpha value is -2.34. The topological polar surface area (TPSA) is 71.1 Å². The molecule has 0 spiro atoms. The van der Waals surface area contributed by atoms with Gasteiger partial charge >= 0.3 is 0 Å². The van der Waals surface area contributed by atoms with Crippen LogP contribution in [0.2, 0.25) is 0 Å². The van der Waals surface area contributed by atoms with E-state index in [0.717, 1.165) is 29.2 Å². The molecule has 0 bridgehead atoms. The molecule has 0 amide bonds. The highest BCUT2D eigenvalue weighted by atomic mass is 16.5. The van der Waals surface area contributed by atoms with Crippen LogP contribution >= 0.6 is 0 Å². The molecule has 1 aromatic heterocycles. The van der Waals surface area contributed by atoms with Gasteiger partial charge in [0.1, 0.15) is 11.4 Å². The summed E-state index contributed by atoms with van der Waals surface area (Å²) in [5.41, 5.74) is 10.3. The zero-order valence-corrected chi connectivity index (χ0v) is 10.6. The van der Waals surface area contributed by atoms with Crippen molar-refractivity contribution in [2.75, 3.05) is 17.5 Å². The maximum atomic E-state index is 5.73. The summed E-state index contributed by atoms with van der Waals surface area (Å²) in [6.45, 7) is 2.76. The number of hydrazine groups is 2. The molecule has 0 radical (unpaired) electrons. The fraction of sp³-hybridized carbons (Fsp3) is 0.231. The summed E-state index contributed by atoms with van der Waals surface area (Å²) < 4.78 is 5.73. The first-order valence-electron chi connectivity index (χ1n) is 6.24. The van der Waals surface area contributed by atoms with Crippen LogP contribution in [0.4, 0.5) is 11.5 Å². The van der Waals surface area contributed by atoms with E-state index in [0.29, 0.717) is 12.4 Å². The minimum atomic E-state index is 0.642. The quantitative estimate of drug-likeness (QED) is 0.780. The van der Waals surface area contributed by atoms with E-state index in [1.165, 1.54) is 0 Å². The second kappa shape index (κ2) is 5.11. The van der Waals surface area contributed by atoms with Gasteiger partial charge in [-0.2, -0.15) is 0 Å². The van der Waals surface area contributed by atoms with Gasteiger partial charge in [-0.3, -0.25) is 10.9 Å². The predicted octanol–water partition coefficient (Wildman–Crippen LogP) is 2.19. The summed E-state index contributed by atoms with van der Waals surface area (Å²) in [6.07, 6.45) is 2.70. The molecule has 6 nitrogen and oxygen atoms in total. The molecule has 0 saturated carbocycles. The van der Waals surface area contributed by atoms with Crippen molar-refractivity contribution < 1.29 is 4.74 Å². The number of ether oxygens (including phenoxy) is 1. The Kier molecular flexibility index (Phi) is 3.16. The molecule has 6 heteroatoms. The molecule has 0 saturated heterocycles. The van der Waals surface area contributed by atoms with Gasteiger partial charge in [-0.1, -0.05) is 19.1 Å². The summed E-state index contributed by atoms with van der Waals surface area (Å²) >= 11 is 0. The van der Waals surface area contributed by atoms with Crippen molar-refractivity contribution in [3.63, 3.8) is 0 Å². The third-order valence-corrected chi connectivity index (χ3v) is 2.76. The molecule has 1 aliphatic rings. The molecule has 2 heterocycles. The largest absolute Gasteiger partial charge is 0.493 e. The molecular weight excluding hydrogens is 242 g/mol. The lowest BCUT2D eigenvalue weighted by atomic mass is 10.2. The smallest absolute Gasteiger partial charge is 0.170 e. The molecular formula is C13H15N5O. The van der Waals surface area contributed by atoms with Crippen LogP contribution in [-0.2, 0) is 0 Å². The number of aromatic nitrogens is 2. The van der Waals surface area contributed by atoms with Crippen molar-refractivity contribution in [1.82, 2.24) is 15.5 Å². The van der Waals surface area contributed by atoms with Crippen molar-refractivity contribution in [2.24, 2.45) is 0 Å². The monoisotopic (exact) mass is 257 g/mol. The van der Waals surface area contributed by atoms with Crippen LogP contribution in [-0.4, -0.2) is 16.6 Å². The van der Waals surface area contributed by atoms with E-state index >= 15 is 0 Å². The van der Waals surface area contributed by atoms with E-state index in [2.05, 4.69) is 33.3 Å². The molecule has 3 rings (SSSR count). The number of fused-ring (bicyclic) bond motifs is 1. The molecule has 98 valence electrons. The molecule has 0 atom stereocenters. The maximum Gasteiger partial charge on any atom is 0.170 e. The Bertz CT molecular complexity index is 587. The van der Waals surface area contributed by atoms with Crippen LogP contribution in [0.15, 0.2) is 30.5 Å². The predicted molar refractivity (Wildman–Crippen MR) is 73.6 cm³/mol. The van der Waals surface area contributed by atoms with E-state index in [9.17, 15) is 0 Å². The highest BCUT2D eigenvalue weighted by Crippen LogP contribution is 2.30. The first kappa shape index (κ1) is 11.7. The SMILES string of the molecule is CCCOc1ccccc1-c1ncc2c(n1)NNN2. The second-order valence-corrected chi connectivity index (χ2v) is 4.18. The second-order valence-electron chi connectivity index (χ2n) is 4.18. The summed E-state index contributed by atoms with van der Waals surface area (Å²) in [5, 5.41) is 0. The number of nitrogens with zero attached hydrogens (tertiary/aromatic N) is 2. The normalized spacial score (nSPS) is 12.5. The summed E-state index contributed by atoms with van der Waals surface area (Å²) in [6, 6.07) is 7.80. The maximum absolute atomic E-state index is 5.73. The number of hydrogen-bond acceptors (Lipinski definition) is 6. The highest BCUT2D eigenvalue weighted by Gasteiger charge is 2.15. The first-order valence-corrected chi connectivity index (χ1v) is 6.24. The molecule has 1 aliphatic heterocycles. The van der Waals surface area contributed by atoms with Gasteiger partial charge in [0.25, 0.3) is 0 Å². The summed E-state index contributed by atoms with van der Waals surface area (Å²) in [5.74, 6) is 2.18. The van der Waals surface area contributed by atoms with Crippen molar-refractivity contribution in [3.05, 3.63) is 30.5 Å². The van der Waals surface area contributed by atoms with Gasteiger partial charge < -0.3 is 4.74 Å².